The van der Waals surface area contributed by atoms with E-state index in [1.165, 1.54) is 0 Å². The number of amides is 1. The van der Waals surface area contributed by atoms with Gasteiger partial charge in [-0.1, -0.05) is 30.8 Å². The molecular weight excluding hydrogens is 310 g/mol. The van der Waals surface area contributed by atoms with Gasteiger partial charge in [0.05, 0.1) is 13.7 Å². The number of carbonyl (C=O) groups excluding carboxylic acids is 2. The minimum atomic E-state index is -0.628. The number of hydrogen-bond donors (Lipinski definition) is 1. The lowest BCUT2D eigenvalue weighted by atomic mass is 10.1. The lowest BCUT2D eigenvalue weighted by Crippen LogP contribution is -2.30. The summed E-state index contributed by atoms with van der Waals surface area (Å²) in [6.07, 6.45) is -0.628. The molecule has 0 aliphatic heterocycles. The van der Waals surface area contributed by atoms with Crippen molar-refractivity contribution in [2.24, 2.45) is 0 Å². The Bertz CT molecular complexity index is 769. The van der Waals surface area contributed by atoms with E-state index in [1.807, 2.05) is 24.3 Å². The molecule has 0 saturated heterocycles. The molecule has 0 bridgehead atoms. The van der Waals surface area contributed by atoms with Crippen LogP contribution in [0.2, 0.25) is 0 Å². The maximum Gasteiger partial charge on any atom is 0.412 e. The molecule has 0 heterocycles. The van der Waals surface area contributed by atoms with Gasteiger partial charge in [-0.15, -0.1) is 0 Å². The van der Waals surface area contributed by atoms with Gasteiger partial charge in [0.1, 0.15) is 18.1 Å². The topological polar surface area (TPSA) is 73.9 Å². The van der Waals surface area contributed by atoms with Gasteiger partial charge >= 0.3 is 12.1 Å². The first-order valence-electron chi connectivity index (χ1n) is 7.37. The van der Waals surface area contributed by atoms with E-state index in [2.05, 4.69) is 11.9 Å². The van der Waals surface area contributed by atoms with Crippen molar-refractivity contribution in [1.82, 2.24) is 5.32 Å². The first-order chi connectivity index (χ1) is 11.5. The van der Waals surface area contributed by atoms with E-state index in [-0.39, 0.29) is 13.2 Å². The number of benzene rings is 2. The zero-order valence-corrected chi connectivity index (χ0v) is 13.6. The maximum atomic E-state index is 11.9. The third kappa shape index (κ3) is 4.25. The van der Waals surface area contributed by atoms with Crippen LogP contribution in [0.1, 0.15) is 6.92 Å². The van der Waals surface area contributed by atoms with E-state index in [9.17, 15) is 9.59 Å². The summed E-state index contributed by atoms with van der Waals surface area (Å²) >= 11 is 0. The predicted molar refractivity (Wildman–Crippen MR) is 90.3 cm³/mol. The fourth-order valence-electron chi connectivity index (χ4n) is 2.07. The Hall–Kier alpha value is -3.02. The summed E-state index contributed by atoms with van der Waals surface area (Å²) in [5.41, 5.74) is 0.308. The molecule has 0 aromatic heterocycles. The van der Waals surface area contributed by atoms with E-state index in [0.717, 1.165) is 10.8 Å². The summed E-state index contributed by atoms with van der Waals surface area (Å²) < 4.78 is 15.5. The predicted octanol–water partition coefficient (Wildman–Crippen LogP) is 3.06. The highest BCUT2D eigenvalue weighted by atomic mass is 16.6. The highest BCUT2D eigenvalue weighted by molar-refractivity contribution is 5.94. The molecule has 126 valence electrons. The second-order valence-electron chi connectivity index (χ2n) is 5.04. The molecule has 1 amide bonds. The molecule has 2 rings (SSSR count). The Balaban J connectivity index is 1.96. The molecule has 0 unspecified atom stereocenters. The van der Waals surface area contributed by atoms with Gasteiger partial charge in [-0.25, -0.2) is 9.59 Å². The largest absolute Gasteiger partial charge is 0.496 e. The summed E-state index contributed by atoms with van der Waals surface area (Å²) in [6, 6.07) is 10.9. The number of rotatable bonds is 6. The SMILES string of the molecule is C=C(C)C(=O)OCCNC(=O)Oc1ccc(OC)c2ccccc12. The molecule has 24 heavy (non-hydrogen) atoms. The van der Waals surface area contributed by atoms with Crippen LogP contribution in [0.4, 0.5) is 4.79 Å². The molecule has 6 heteroatoms. The van der Waals surface area contributed by atoms with E-state index in [4.69, 9.17) is 14.2 Å². The van der Waals surface area contributed by atoms with Crippen LogP contribution in [0.15, 0.2) is 48.6 Å². The van der Waals surface area contributed by atoms with Crippen LogP contribution in [0.3, 0.4) is 0 Å². The summed E-state index contributed by atoms with van der Waals surface area (Å²) in [5.74, 6) is 0.624. The van der Waals surface area contributed by atoms with Gasteiger partial charge in [0.2, 0.25) is 0 Å². The van der Waals surface area contributed by atoms with Crippen LogP contribution in [0.25, 0.3) is 10.8 Å². The Morgan fingerprint density at radius 2 is 1.71 bits per heavy atom. The summed E-state index contributed by atoms with van der Waals surface area (Å²) in [5, 5.41) is 4.13. The number of esters is 1. The van der Waals surface area contributed by atoms with Gasteiger partial charge in [0, 0.05) is 16.3 Å². The Labute approximate surface area is 140 Å². The van der Waals surface area contributed by atoms with Gasteiger partial charge in [-0.2, -0.15) is 0 Å². The zero-order valence-electron chi connectivity index (χ0n) is 13.6. The maximum absolute atomic E-state index is 11.9. The number of hydrogen-bond acceptors (Lipinski definition) is 5. The molecule has 0 fully saturated rings. The smallest absolute Gasteiger partial charge is 0.412 e. The van der Waals surface area contributed by atoms with E-state index in [0.29, 0.717) is 17.1 Å². The molecule has 2 aromatic rings. The number of ether oxygens (including phenoxy) is 3. The first kappa shape index (κ1) is 17.3. The molecule has 0 atom stereocenters. The van der Waals surface area contributed by atoms with Crippen molar-refractivity contribution in [1.29, 1.82) is 0 Å². The van der Waals surface area contributed by atoms with Crippen LogP contribution in [0.5, 0.6) is 11.5 Å². The van der Waals surface area contributed by atoms with Crippen molar-refractivity contribution < 1.29 is 23.8 Å². The molecule has 0 aliphatic carbocycles. The van der Waals surface area contributed by atoms with Crippen molar-refractivity contribution >= 4 is 22.8 Å². The quantitative estimate of drug-likeness (QED) is 0.501. The minimum absolute atomic E-state index is 0.0458. The summed E-state index contributed by atoms with van der Waals surface area (Å²) in [7, 11) is 1.58. The average Bonchev–Trinajstić information content (AvgIpc) is 2.58. The fraction of sp³-hybridized carbons (Fsp3) is 0.222. The van der Waals surface area contributed by atoms with E-state index in [1.54, 1.807) is 26.2 Å². The summed E-state index contributed by atoms with van der Waals surface area (Å²) in [4.78, 5) is 23.1. The third-order valence-electron chi connectivity index (χ3n) is 3.22. The molecule has 0 spiro atoms. The highest BCUT2D eigenvalue weighted by Gasteiger charge is 2.11. The minimum Gasteiger partial charge on any atom is -0.496 e. The molecule has 6 nitrogen and oxygen atoms in total. The molecule has 2 aromatic carbocycles. The van der Waals surface area contributed by atoms with Gasteiger partial charge in [-0.05, 0) is 19.1 Å². The zero-order chi connectivity index (χ0) is 17.5. The summed E-state index contributed by atoms with van der Waals surface area (Å²) in [6.45, 7) is 5.22. The lowest BCUT2D eigenvalue weighted by molar-refractivity contribution is -0.138. The van der Waals surface area contributed by atoms with Crippen molar-refractivity contribution in [3.8, 4) is 11.5 Å². The normalized spacial score (nSPS) is 10.1. The van der Waals surface area contributed by atoms with Crippen LogP contribution < -0.4 is 14.8 Å². The Morgan fingerprint density at radius 1 is 1.08 bits per heavy atom. The average molecular weight is 329 g/mol. The van der Waals surface area contributed by atoms with Crippen molar-refractivity contribution in [3.63, 3.8) is 0 Å². The molecule has 0 aliphatic rings. The van der Waals surface area contributed by atoms with E-state index >= 15 is 0 Å². The van der Waals surface area contributed by atoms with Gasteiger partial charge in [-0.3, -0.25) is 0 Å². The van der Waals surface area contributed by atoms with Crippen LogP contribution in [-0.4, -0.2) is 32.3 Å². The van der Waals surface area contributed by atoms with Gasteiger partial charge in [0.25, 0.3) is 0 Å². The van der Waals surface area contributed by atoms with Crippen LogP contribution in [0, 0.1) is 0 Å². The van der Waals surface area contributed by atoms with Crippen molar-refractivity contribution in [2.45, 2.75) is 6.92 Å². The molecular formula is C18H19NO5. The van der Waals surface area contributed by atoms with Gasteiger partial charge in [0.15, 0.2) is 0 Å². The van der Waals surface area contributed by atoms with Gasteiger partial charge < -0.3 is 19.5 Å². The van der Waals surface area contributed by atoms with Crippen LogP contribution >= 0.6 is 0 Å². The molecule has 0 radical (unpaired) electrons. The highest BCUT2D eigenvalue weighted by Crippen LogP contribution is 2.32. The van der Waals surface area contributed by atoms with Crippen molar-refractivity contribution in [3.05, 3.63) is 48.6 Å². The van der Waals surface area contributed by atoms with Crippen molar-refractivity contribution in [2.75, 3.05) is 20.3 Å². The number of carbonyl (C=O) groups is 2. The number of nitrogens with one attached hydrogen (secondary N) is 1. The Morgan fingerprint density at radius 3 is 2.33 bits per heavy atom. The number of fused-ring (bicyclic) bond motifs is 1. The second-order valence-corrected chi connectivity index (χ2v) is 5.04. The van der Waals surface area contributed by atoms with Crippen LogP contribution in [-0.2, 0) is 9.53 Å². The fourth-order valence-corrected chi connectivity index (χ4v) is 2.07. The molecule has 1 N–H and O–H groups in total. The number of methoxy groups -OCH3 is 1. The standard InChI is InChI=1S/C18H19NO5/c1-12(2)17(20)23-11-10-19-18(21)24-16-9-8-15(22-3)13-6-4-5-7-14(13)16/h4-9H,1,10-11H2,2-3H3,(H,19,21). The Kier molecular flexibility index (Phi) is 5.78. The first-order valence-corrected chi connectivity index (χ1v) is 7.37. The molecule has 0 saturated carbocycles. The monoisotopic (exact) mass is 329 g/mol. The lowest BCUT2D eigenvalue weighted by Gasteiger charge is -2.11. The third-order valence-corrected chi connectivity index (χ3v) is 3.22. The van der Waals surface area contributed by atoms with E-state index < -0.39 is 12.1 Å². The second kappa shape index (κ2) is 8.01.